The first-order valence-corrected chi connectivity index (χ1v) is 7.31. The Morgan fingerprint density at radius 3 is 2.71 bits per heavy atom. The lowest BCUT2D eigenvalue weighted by Gasteiger charge is -2.10. The van der Waals surface area contributed by atoms with E-state index in [0.29, 0.717) is 0 Å². The summed E-state index contributed by atoms with van der Waals surface area (Å²) in [7, 11) is 0. The molecule has 1 aromatic carbocycles. The van der Waals surface area contributed by atoms with Gasteiger partial charge in [0.1, 0.15) is 0 Å². The van der Waals surface area contributed by atoms with Crippen LogP contribution in [0.5, 0.6) is 0 Å². The molecular weight excluding hydrogens is 318 g/mol. The van der Waals surface area contributed by atoms with Crippen LogP contribution in [0.1, 0.15) is 22.0 Å². The van der Waals surface area contributed by atoms with E-state index in [4.69, 9.17) is 17.3 Å². The molecule has 2 rings (SSSR count). The third kappa shape index (κ3) is 3.10. The minimum Gasteiger partial charge on any atom is -0.323 e. The second-order valence-corrected chi connectivity index (χ2v) is 6.82. The number of rotatable bonds is 3. The van der Waals surface area contributed by atoms with Crippen molar-refractivity contribution in [2.75, 3.05) is 0 Å². The second-order valence-electron chi connectivity index (χ2n) is 4.01. The van der Waals surface area contributed by atoms with E-state index in [1.54, 1.807) is 11.3 Å². The van der Waals surface area contributed by atoms with Gasteiger partial charge in [0.15, 0.2) is 0 Å². The van der Waals surface area contributed by atoms with Crippen molar-refractivity contribution in [2.45, 2.75) is 19.4 Å². The van der Waals surface area contributed by atoms with E-state index < -0.39 is 0 Å². The standard InChI is InChI=1S/C13H13BrClNS/c1-8-6-12(17-13(8)14)11(16)7-9-4-2-3-5-10(9)15/h2-6,11H,7,16H2,1H3. The third-order valence-electron chi connectivity index (χ3n) is 2.64. The maximum absolute atomic E-state index is 6.21. The molecule has 0 aliphatic heterocycles. The minimum atomic E-state index is 0.00454. The van der Waals surface area contributed by atoms with E-state index in [9.17, 15) is 0 Å². The Bertz CT molecular complexity index is 504. The summed E-state index contributed by atoms with van der Waals surface area (Å²) >= 11 is 11.3. The molecule has 4 heteroatoms. The van der Waals surface area contributed by atoms with Gasteiger partial charge < -0.3 is 5.73 Å². The fourth-order valence-electron chi connectivity index (χ4n) is 1.67. The van der Waals surface area contributed by atoms with Gasteiger partial charge in [0.2, 0.25) is 0 Å². The minimum absolute atomic E-state index is 0.00454. The zero-order valence-electron chi connectivity index (χ0n) is 9.41. The van der Waals surface area contributed by atoms with Gasteiger partial charge in [0.05, 0.1) is 3.79 Å². The van der Waals surface area contributed by atoms with Crippen molar-refractivity contribution in [3.63, 3.8) is 0 Å². The first kappa shape index (κ1) is 13.1. The molecule has 1 aromatic heterocycles. The number of hydrogen-bond acceptors (Lipinski definition) is 2. The van der Waals surface area contributed by atoms with Gasteiger partial charge in [-0.25, -0.2) is 0 Å². The molecule has 2 aromatic rings. The van der Waals surface area contributed by atoms with Crippen molar-refractivity contribution in [3.05, 3.63) is 55.1 Å². The normalized spacial score (nSPS) is 12.7. The zero-order chi connectivity index (χ0) is 12.4. The predicted molar refractivity (Wildman–Crippen MR) is 78.8 cm³/mol. The van der Waals surface area contributed by atoms with Gasteiger partial charge in [-0.2, -0.15) is 0 Å². The van der Waals surface area contributed by atoms with Gasteiger partial charge in [-0.05, 0) is 52.5 Å². The van der Waals surface area contributed by atoms with Gasteiger partial charge in [0, 0.05) is 15.9 Å². The average molecular weight is 331 g/mol. The number of nitrogens with two attached hydrogens (primary N) is 1. The molecule has 90 valence electrons. The molecule has 2 N–H and O–H groups in total. The van der Waals surface area contributed by atoms with Gasteiger partial charge in [-0.3, -0.25) is 0 Å². The van der Waals surface area contributed by atoms with Crippen LogP contribution in [0.3, 0.4) is 0 Å². The molecular formula is C13H13BrClNS. The molecule has 0 saturated heterocycles. The quantitative estimate of drug-likeness (QED) is 0.866. The molecule has 0 fully saturated rings. The molecule has 0 amide bonds. The maximum atomic E-state index is 6.21. The third-order valence-corrected chi connectivity index (χ3v) is 5.28. The number of hydrogen-bond donors (Lipinski definition) is 1. The SMILES string of the molecule is Cc1cc(C(N)Cc2ccccc2Cl)sc1Br. The predicted octanol–water partition coefficient (Wildman–Crippen LogP) is 4.71. The lowest BCUT2D eigenvalue weighted by molar-refractivity contribution is 0.736. The summed E-state index contributed by atoms with van der Waals surface area (Å²) in [6, 6.07) is 9.99. The number of halogens is 2. The largest absolute Gasteiger partial charge is 0.323 e. The van der Waals surface area contributed by atoms with E-state index in [1.807, 2.05) is 24.3 Å². The number of thiophene rings is 1. The van der Waals surface area contributed by atoms with E-state index in [2.05, 4.69) is 28.9 Å². The molecule has 1 nitrogen and oxygen atoms in total. The van der Waals surface area contributed by atoms with Crippen molar-refractivity contribution >= 4 is 38.9 Å². The lowest BCUT2D eigenvalue weighted by atomic mass is 10.1. The monoisotopic (exact) mass is 329 g/mol. The van der Waals surface area contributed by atoms with Crippen LogP contribution in [-0.2, 0) is 6.42 Å². The van der Waals surface area contributed by atoms with Crippen LogP contribution in [0.15, 0.2) is 34.1 Å². The first-order valence-electron chi connectivity index (χ1n) is 5.32. The topological polar surface area (TPSA) is 26.0 Å². The van der Waals surface area contributed by atoms with Crippen molar-refractivity contribution in [1.29, 1.82) is 0 Å². The Kier molecular flexibility index (Phi) is 4.26. The Balaban J connectivity index is 2.17. The van der Waals surface area contributed by atoms with Crippen LogP contribution < -0.4 is 5.73 Å². The van der Waals surface area contributed by atoms with E-state index >= 15 is 0 Å². The summed E-state index contributed by atoms with van der Waals surface area (Å²) in [5.74, 6) is 0. The van der Waals surface area contributed by atoms with Crippen molar-refractivity contribution in [3.8, 4) is 0 Å². The molecule has 0 saturated carbocycles. The van der Waals surface area contributed by atoms with E-state index in [1.165, 1.54) is 10.4 Å². The highest BCUT2D eigenvalue weighted by Crippen LogP contribution is 2.32. The average Bonchev–Trinajstić information content (AvgIpc) is 2.63. The van der Waals surface area contributed by atoms with Crippen LogP contribution in [0.2, 0.25) is 5.02 Å². The fourth-order valence-corrected chi connectivity index (χ4v) is 3.45. The summed E-state index contributed by atoms with van der Waals surface area (Å²) in [6.07, 6.45) is 0.770. The van der Waals surface area contributed by atoms with E-state index in [0.717, 1.165) is 20.8 Å². The van der Waals surface area contributed by atoms with Gasteiger partial charge in [-0.15, -0.1) is 11.3 Å². The van der Waals surface area contributed by atoms with Crippen molar-refractivity contribution in [2.24, 2.45) is 5.73 Å². The molecule has 0 aliphatic rings. The Hall–Kier alpha value is -0.350. The molecule has 0 spiro atoms. The van der Waals surface area contributed by atoms with Gasteiger partial charge in [0.25, 0.3) is 0 Å². The molecule has 17 heavy (non-hydrogen) atoms. The summed E-state index contributed by atoms with van der Waals surface area (Å²) in [5, 5.41) is 0.787. The summed E-state index contributed by atoms with van der Waals surface area (Å²) in [5.41, 5.74) is 8.55. The van der Waals surface area contributed by atoms with Crippen LogP contribution in [-0.4, -0.2) is 0 Å². The molecule has 1 unspecified atom stereocenters. The van der Waals surface area contributed by atoms with E-state index in [-0.39, 0.29) is 6.04 Å². The fraction of sp³-hybridized carbons (Fsp3) is 0.231. The van der Waals surface area contributed by atoms with Crippen molar-refractivity contribution < 1.29 is 0 Å². The number of aryl methyl sites for hydroxylation is 1. The Morgan fingerprint density at radius 2 is 2.12 bits per heavy atom. The van der Waals surface area contributed by atoms with Gasteiger partial charge in [-0.1, -0.05) is 29.8 Å². The van der Waals surface area contributed by atoms with Crippen LogP contribution in [0.25, 0.3) is 0 Å². The van der Waals surface area contributed by atoms with Crippen LogP contribution >= 0.6 is 38.9 Å². The molecule has 1 atom stereocenters. The summed E-state index contributed by atoms with van der Waals surface area (Å²) in [4.78, 5) is 1.19. The molecule has 0 bridgehead atoms. The molecule has 1 heterocycles. The Labute approximate surface area is 119 Å². The lowest BCUT2D eigenvalue weighted by Crippen LogP contribution is -2.12. The molecule has 0 radical (unpaired) electrons. The Morgan fingerprint density at radius 1 is 1.41 bits per heavy atom. The maximum Gasteiger partial charge on any atom is 0.0731 e. The van der Waals surface area contributed by atoms with Crippen LogP contribution in [0.4, 0.5) is 0 Å². The summed E-state index contributed by atoms with van der Waals surface area (Å²) < 4.78 is 1.15. The highest BCUT2D eigenvalue weighted by Gasteiger charge is 2.13. The van der Waals surface area contributed by atoms with Crippen molar-refractivity contribution in [1.82, 2.24) is 0 Å². The highest BCUT2D eigenvalue weighted by atomic mass is 79.9. The smallest absolute Gasteiger partial charge is 0.0731 e. The zero-order valence-corrected chi connectivity index (χ0v) is 12.6. The summed E-state index contributed by atoms with van der Waals surface area (Å²) in [6.45, 7) is 2.08. The second kappa shape index (κ2) is 5.53. The van der Waals surface area contributed by atoms with Gasteiger partial charge >= 0.3 is 0 Å². The highest BCUT2D eigenvalue weighted by molar-refractivity contribution is 9.11. The van der Waals surface area contributed by atoms with Crippen LogP contribution in [0, 0.1) is 6.92 Å². The first-order chi connectivity index (χ1) is 8.08. The molecule has 0 aliphatic carbocycles. The number of benzene rings is 1.